The van der Waals surface area contributed by atoms with Gasteiger partial charge in [0.2, 0.25) is 0 Å². The van der Waals surface area contributed by atoms with Crippen molar-refractivity contribution >= 4 is 0 Å². The van der Waals surface area contributed by atoms with Gasteiger partial charge in [-0.1, -0.05) is 51.1 Å². The summed E-state index contributed by atoms with van der Waals surface area (Å²) in [7, 11) is 2.03. The van der Waals surface area contributed by atoms with Crippen molar-refractivity contribution in [3.8, 4) is 0 Å². The first kappa shape index (κ1) is 14.0. The first-order chi connectivity index (χ1) is 8.00. The minimum atomic E-state index is 0.194. The molecule has 0 aliphatic heterocycles. The van der Waals surface area contributed by atoms with Crippen LogP contribution in [-0.2, 0) is 5.41 Å². The van der Waals surface area contributed by atoms with Gasteiger partial charge in [-0.15, -0.1) is 6.58 Å². The van der Waals surface area contributed by atoms with Crippen LogP contribution in [0.3, 0.4) is 0 Å². The fraction of sp³-hybridized carbons (Fsp3) is 0.500. The largest absolute Gasteiger partial charge is 0.313 e. The monoisotopic (exact) mass is 231 g/mol. The second-order valence-electron chi connectivity index (χ2n) is 5.54. The average molecular weight is 231 g/mol. The summed E-state index contributed by atoms with van der Waals surface area (Å²) in [6.07, 6.45) is 4.14. The van der Waals surface area contributed by atoms with Crippen molar-refractivity contribution in [1.82, 2.24) is 5.32 Å². The van der Waals surface area contributed by atoms with E-state index < -0.39 is 0 Å². The quantitative estimate of drug-likeness (QED) is 0.748. The number of hydrogen-bond acceptors (Lipinski definition) is 1. The zero-order valence-corrected chi connectivity index (χ0v) is 11.6. The zero-order chi connectivity index (χ0) is 12.9. The van der Waals surface area contributed by atoms with Crippen molar-refractivity contribution in [2.75, 3.05) is 7.05 Å². The van der Waals surface area contributed by atoms with Gasteiger partial charge in [0.05, 0.1) is 0 Å². The molecule has 1 nitrogen and oxygen atoms in total. The molecule has 1 aromatic rings. The Bertz CT molecular complexity index is 360. The molecule has 0 saturated carbocycles. The molecule has 0 amide bonds. The van der Waals surface area contributed by atoms with Crippen LogP contribution >= 0.6 is 0 Å². The minimum Gasteiger partial charge on any atom is -0.313 e. The predicted octanol–water partition coefficient (Wildman–Crippen LogP) is 4.21. The van der Waals surface area contributed by atoms with E-state index in [9.17, 15) is 0 Å². The van der Waals surface area contributed by atoms with Gasteiger partial charge in [-0.3, -0.25) is 0 Å². The van der Waals surface area contributed by atoms with Gasteiger partial charge >= 0.3 is 0 Å². The van der Waals surface area contributed by atoms with Crippen molar-refractivity contribution in [2.45, 2.75) is 45.1 Å². The van der Waals surface area contributed by atoms with Gasteiger partial charge in [0.25, 0.3) is 0 Å². The second kappa shape index (κ2) is 6.02. The van der Waals surface area contributed by atoms with E-state index in [2.05, 4.69) is 56.9 Å². The molecule has 0 radical (unpaired) electrons. The maximum Gasteiger partial charge on any atom is 0.0323 e. The molecule has 0 saturated heterocycles. The summed E-state index contributed by atoms with van der Waals surface area (Å²) in [5, 5.41) is 3.42. The Hall–Kier alpha value is -1.08. The number of hydrogen-bond donors (Lipinski definition) is 1. The number of rotatable bonds is 5. The van der Waals surface area contributed by atoms with Gasteiger partial charge in [0.15, 0.2) is 0 Å². The molecule has 0 aliphatic carbocycles. The van der Waals surface area contributed by atoms with Crippen LogP contribution in [0.25, 0.3) is 0 Å². The summed E-state index contributed by atoms with van der Waals surface area (Å²) in [5.41, 5.74) is 3.05. The van der Waals surface area contributed by atoms with Gasteiger partial charge in [-0.05, 0) is 36.4 Å². The van der Waals surface area contributed by atoms with Gasteiger partial charge in [-0.2, -0.15) is 0 Å². The molecule has 1 rings (SSSR count). The van der Waals surface area contributed by atoms with Crippen LogP contribution in [0.4, 0.5) is 0 Å². The van der Waals surface area contributed by atoms with E-state index in [1.807, 2.05) is 13.1 Å². The summed E-state index contributed by atoms with van der Waals surface area (Å²) in [5.74, 6) is 0. The second-order valence-corrected chi connectivity index (χ2v) is 5.54. The molecule has 0 bridgehead atoms. The fourth-order valence-electron chi connectivity index (χ4n) is 2.22. The number of nitrogens with one attached hydrogen (secondary N) is 1. The van der Waals surface area contributed by atoms with Crippen LogP contribution in [0.2, 0.25) is 0 Å². The Labute approximate surface area is 106 Å². The SMILES string of the molecule is C=CCCC(NC)c1ccccc1C(C)(C)C. The number of benzene rings is 1. The summed E-state index contributed by atoms with van der Waals surface area (Å²) in [6, 6.07) is 9.16. The molecule has 0 aromatic heterocycles. The van der Waals surface area contributed by atoms with Crippen LogP contribution in [0.5, 0.6) is 0 Å². The van der Waals surface area contributed by atoms with Crippen molar-refractivity contribution in [1.29, 1.82) is 0 Å². The van der Waals surface area contributed by atoms with Gasteiger partial charge in [0.1, 0.15) is 0 Å². The molecule has 0 aliphatic rings. The maximum atomic E-state index is 3.80. The molecule has 1 N–H and O–H groups in total. The minimum absolute atomic E-state index is 0.194. The summed E-state index contributed by atoms with van der Waals surface area (Å²) >= 11 is 0. The van der Waals surface area contributed by atoms with E-state index in [4.69, 9.17) is 0 Å². The smallest absolute Gasteiger partial charge is 0.0323 e. The topological polar surface area (TPSA) is 12.0 Å². The molecular formula is C16H25N. The van der Waals surface area contributed by atoms with Crippen LogP contribution in [0.1, 0.15) is 50.8 Å². The lowest BCUT2D eigenvalue weighted by Crippen LogP contribution is -2.22. The van der Waals surface area contributed by atoms with E-state index in [1.54, 1.807) is 0 Å². The van der Waals surface area contributed by atoms with Crippen molar-refractivity contribution in [3.05, 3.63) is 48.0 Å². The molecule has 0 heterocycles. The lowest BCUT2D eigenvalue weighted by Gasteiger charge is -2.27. The normalized spacial score (nSPS) is 13.4. The number of allylic oxidation sites excluding steroid dienone is 1. The molecule has 94 valence electrons. The summed E-state index contributed by atoms with van der Waals surface area (Å²) < 4.78 is 0. The van der Waals surface area contributed by atoms with Crippen LogP contribution < -0.4 is 5.32 Å². The Kier molecular flexibility index (Phi) is 4.95. The predicted molar refractivity (Wildman–Crippen MR) is 76.4 cm³/mol. The molecule has 0 fully saturated rings. The Balaban J connectivity index is 3.06. The Morgan fingerprint density at radius 1 is 1.29 bits per heavy atom. The molecule has 17 heavy (non-hydrogen) atoms. The Morgan fingerprint density at radius 3 is 2.47 bits per heavy atom. The fourth-order valence-corrected chi connectivity index (χ4v) is 2.22. The van der Waals surface area contributed by atoms with Crippen molar-refractivity contribution in [2.24, 2.45) is 0 Å². The Morgan fingerprint density at radius 2 is 1.94 bits per heavy atom. The highest BCUT2D eigenvalue weighted by atomic mass is 14.9. The van der Waals surface area contributed by atoms with E-state index in [1.165, 1.54) is 11.1 Å². The lowest BCUT2D eigenvalue weighted by molar-refractivity contribution is 0.520. The van der Waals surface area contributed by atoms with E-state index in [0.29, 0.717) is 6.04 Å². The molecule has 0 spiro atoms. The third kappa shape index (κ3) is 3.71. The van der Waals surface area contributed by atoms with Gasteiger partial charge in [-0.25, -0.2) is 0 Å². The lowest BCUT2D eigenvalue weighted by atomic mass is 9.81. The molecular weight excluding hydrogens is 206 g/mol. The third-order valence-electron chi connectivity index (χ3n) is 3.15. The van der Waals surface area contributed by atoms with Crippen molar-refractivity contribution < 1.29 is 0 Å². The third-order valence-corrected chi connectivity index (χ3v) is 3.15. The standard InChI is InChI=1S/C16H25N/c1-6-7-12-15(17-5)13-10-8-9-11-14(13)16(2,3)4/h6,8-11,15,17H,1,7,12H2,2-5H3. The van der Waals surface area contributed by atoms with E-state index >= 15 is 0 Å². The summed E-state index contributed by atoms with van der Waals surface area (Å²) in [4.78, 5) is 0. The molecule has 1 unspecified atom stereocenters. The van der Waals surface area contributed by atoms with Gasteiger partial charge < -0.3 is 5.32 Å². The highest BCUT2D eigenvalue weighted by Crippen LogP contribution is 2.31. The first-order valence-corrected chi connectivity index (χ1v) is 6.38. The molecule has 1 aromatic carbocycles. The van der Waals surface area contributed by atoms with Gasteiger partial charge in [0, 0.05) is 6.04 Å². The van der Waals surface area contributed by atoms with Crippen LogP contribution in [0.15, 0.2) is 36.9 Å². The van der Waals surface area contributed by atoms with Crippen LogP contribution in [-0.4, -0.2) is 7.05 Å². The maximum absolute atomic E-state index is 3.80. The highest BCUT2D eigenvalue weighted by Gasteiger charge is 2.21. The highest BCUT2D eigenvalue weighted by molar-refractivity contribution is 5.35. The van der Waals surface area contributed by atoms with Crippen molar-refractivity contribution in [3.63, 3.8) is 0 Å². The van der Waals surface area contributed by atoms with E-state index in [-0.39, 0.29) is 5.41 Å². The van der Waals surface area contributed by atoms with E-state index in [0.717, 1.165) is 12.8 Å². The summed E-state index contributed by atoms with van der Waals surface area (Å²) in [6.45, 7) is 10.6. The molecule has 1 heteroatoms. The first-order valence-electron chi connectivity index (χ1n) is 6.38. The zero-order valence-electron chi connectivity index (χ0n) is 11.6. The average Bonchev–Trinajstić information content (AvgIpc) is 2.29. The molecule has 1 atom stereocenters. The van der Waals surface area contributed by atoms with Crippen LogP contribution in [0, 0.1) is 0 Å².